The van der Waals surface area contributed by atoms with Gasteiger partial charge in [-0.2, -0.15) is 5.10 Å². The first-order chi connectivity index (χ1) is 13.0. The summed E-state index contributed by atoms with van der Waals surface area (Å²) in [6.07, 6.45) is 3.60. The average Bonchev–Trinajstić information content (AvgIpc) is 3.15. The van der Waals surface area contributed by atoms with Gasteiger partial charge in [-0.05, 0) is 30.3 Å². The van der Waals surface area contributed by atoms with Gasteiger partial charge in [0.15, 0.2) is 0 Å². The van der Waals surface area contributed by atoms with E-state index >= 15 is 0 Å². The van der Waals surface area contributed by atoms with Gasteiger partial charge in [0, 0.05) is 35.9 Å². The molecule has 1 N–H and O–H groups in total. The molecule has 0 aliphatic rings. The Bertz CT molecular complexity index is 940. The zero-order valence-electron chi connectivity index (χ0n) is 14.8. The molecule has 138 valence electrons. The lowest BCUT2D eigenvalue weighted by atomic mass is 10.2. The molecule has 0 aliphatic carbocycles. The molecular formula is C20H19ClN4O2. The molecule has 7 heteroatoms. The normalized spacial score (nSPS) is 10.4. The smallest absolute Gasteiger partial charge is 0.251 e. The summed E-state index contributed by atoms with van der Waals surface area (Å²) in [7, 11) is 1.69. The molecule has 1 heterocycles. The molecule has 0 saturated heterocycles. The molecule has 0 radical (unpaired) electrons. The van der Waals surface area contributed by atoms with Gasteiger partial charge in [0.25, 0.3) is 5.91 Å². The largest absolute Gasteiger partial charge is 0.343 e. The molecule has 0 saturated carbocycles. The third-order valence-electron chi connectivity index (χ3n) is 3.99. The van der Waals surface area contributed by atoms with E-state index in [0.29, 0.717) is 17.1 Å². The van der Waals surface area contributed by atoms with E-state index in [0.717, 1.165) is 11.3 Å². The predicted octanol–water partition coefficient (Wildman–Crippen LogP) is 2.91. The number of benzene rings is 2. The van der Waals surface area contributed by atoms with E-state index < -0.39 is 0 Å². The van der Waals surface area contributed by atoms with Crippen molar-refractivity contribution in [1.29, 1.82) is 0 Å². The topological polar surface area (TPSA) is 67.2 Å². The average molecular weight is 383 g/mol. The Morgan fingerprint density at radius 3 is 2.67 bits per heavy atom. The minimum atomic E-state index is -0.337. The van der Waals surface area contributed by atoms with Crippen LogP contribution in [0.4, 0.5) is 0 Å². The van der Waals surface area contributed by atoms with Gasteiger partial charge in [-0.1, -0.05) is 35.9 Å². The number of para-hydroxylation sites is 1. The van der Waals surface area contributed by atoms with Gasteiger partial charge in [0.2, 0.25) is 5.91 Å². The lowest BCUT2D eigenvalue weighted by Crippen LogP contribution is -2.37. The van der Waals surface area contributed by atoms with Gasteiger partial charge < -0.3 is 10.2 Å². The first-order valence-electron chi connectivity index (χ1n) is 8.39. The number of aromatic nitrogens is 2. The number of nitrogens with one attached hydrogen (secondary N) is 1. The third-order valence-corrected chi connectivity index (χ3v) is 4.22. The zero-order chi connectivity index (χ0) is 19.2. The maximum atomic E-state index is 12.3. The summed E-state index contributed by atoms with van der Waals surface area (Å²) in [5.74, 6) is -0.533. The van der Waals surface area contributed by atoms with Crippen LogP contribution in [0.1, 0.15) is 15.9 Å². The number of carbonyl (C=O) groups excluding carboxylic acids is 2. The Labute approximate surface area is 162 Å². The van der Waals surface area contributed by atoms with Crippen LogP contribution in [0.3, 0.4) is 0 Å². The minimum Gasteiger partial charge on any atom is -0.343 e. The van der Waals surface area contributed by atoms with Crippen molar-refractivity contribution in [1.82, 2.24) is 20.0 Å². The number of rotatable bonds is 6. The molecule has 0 spiro atoms. The van der Waals surface area contributed by atoms with Crippen LogP contribution in [0, 0.1) is 0 Å². The van der Waals surface area contributed by atoms with Gasteiger partial charge in [-0.15, -0.1) is 0 Å². The molecule has 0 unspecified atom stereocenters. The molecule has 2 aromatic carbocycles. The second kappa shape index (κ2) is 8.51. The quantitative estimate of drug-likeness (QED) is 0.712. The highest BCUT2D eigenvalue weighted by Crippen LogP contribution is 2.11. The summed E-state index contributed by atoms with van der Waals surface area (Å²) in [6, 6.07) is 16.3. The third kappa shape index (κ3) is 4.95. The van der Waals surface area contributed by atoms with Crippen LogP contribution in [-0.4, -0.2) is 40.1 Å². The van der Waals surface area contributed by atoms with Crippen molar-refractivity contribution in [2.24, 2.45) is 0 Å². The first kappa shape index (κ1) is 18.7. The summed E-state index contributed by atoms with van der Waals surface area (Å²) >= 11 is 5.88. The fourth-order valence-corrected chi connectivity index (χ4v) is 2.74. The lowest BCUT2D eigenvalue weighted by Gasteiger charge is -2.16. The van der Waals surface area contributed by atoms with Crippen molar-refractivity contribution in [3.8, 4) is 5.69 Å². The van der Waals surface area contributed by atoms with Gasteiger partial charge in [0.1, 0.15) is 0 Å². The van der Waals surface area contributed by atoms with Crippen LogP contribution in [0.25, 0.3) is 5.69 Å². The lowest BCUT2D eigenvalue weighted by molar-refractivity contribution is -0.129. The van der Waals surface area contributed by atoms with Crippen LogP contribution in [0.2, 0.25) is 5.02 Å². The fourth-order valence-electron chi connectivity index (χ4n) is 2.55. The van der Waals surface area contributed by atoms with Crippen molar-refractivity contribution < 1.29 is 9.59 Å². The summed E-state index contributed by atoms with van der Waals surface area (Å²) in [5, 5.41) is 7.41. The van der Waals surface area contributed by atoms with Gasteiger partial charge in [-0.25, -0.2) is 4.68 Å². The van der Waals surface area contributed by atoms with Crippen LogP contribution in [-0.2, 0) is 11.3 Å². The van der Waals surface area contributed by atoms with E-state index in [-0.39, 0.29) is 18.4 Å². The van der Waals surface area contributed by atoms with E-state index in [4.69, 9.17) is 11.6 Å². The second-order valence-electron chi connectivity index (χ2n) is 6.07. The van der Waals surface area contributed by atoms with Gasteiger partial charge in [-0.3, -0.25) is 9.59 Å². The van der Waals surface area contributed by atoms with Crippen molar-refractivity contribution in [2.75, 3.05) is 13.6 Å². The number of amides is 2. The molecule has 0 aliphatic heterocycles. The SMILES string of the molecule is CN(Cc1cnn(-c2ccccc2)c1)C(=O)CNC(=O)c1cccc(Cl)c1. The summed E-state index contributed by atoms with van der Waals surface area (Å²) in [6.45, 7) is 0.313. The molecule has 3 aromatic rings. The molecule has 3 rings (SSSR count). The molecule has 0 atom stereocenters. The Morgan fingerprint density at radius 2 is 1.93 bits per heavy atom. The van der Waals surface area contributed by atoms with Crippen LogP contribution in [0.15, 0.2) is 67.0 Å². The summed E-state index contributed by atoms with van der Waals surface area (Å²) in [5.41, 5.74) is 2.27. The summed E-state index contributed by atoms with van der Waals surface area (Å²) in [4.78, 5) is 25.9. The Kier molecular flexibility index (Phi) is 5.88. The predicted molar refractivity (Wildman–Crippen MR) is 104 cm³/mol. The van der Waals surface area contributed by atoms with Crippen LogP contribution >= 0.6 is 11.6 Å². The second-order valence-corrected chi connectivity index (χ2v) is 6.51. The number of likely N-dealkylation sites (N-methyl/N-ethyl adjacent to an activating group) is 1. The molecule has 6 nitrogen and oxygen atoms in total. The van der Waals surface area contributed by atoms with Crippen molar-refractivity contribution in [3.05, 3.63) is 83.1 Å². The Balaban J connectivity index is 1.53. The van der Waals surface area contributed by atoms with Crippen LogP contribution < -0.4 is 5.32 Å². The van der Waals surface area contributed by atoms with Crippen molar-refractivity contribution >= 4 is 23.4 Å². The van der Waals surface area contributed by atoms with Gasteiger partial charge in [0.05, 0.1) is 18.4 Å². The summed E-state index contributed by atoms with van der Waals surface area (Å²) < 4.78 is 1.76. The number of halogens is 1. The Morgan fingerprint density at radius 1 is 1.15 bits per heavy atom. The number of nitrogens with zero attached hydrogens (tertiary/aromatic N) is 3. The molecule has 1 aromatic heterocycles. The zero-order valence-corrected chi connectivity index (χ0v) is 15.6. The molecule has 0 fully saturated rings. The van der Waals surface area contributed by atoms with E-state index in [9.17, 15) is 9.59 Å². The van der Waals surface area contributed by atoms with E-state index in [1.165, 1.54) is 0 Å². The number of carbonyl (C=O) groups is 2. The molecular weight excluding hydrogens is 364 g/mol. The standard InChI is InChI=1S/C20H19ClN4O2/c1-24(13-15-11-23-25(14-15)18-8-3-2-4-9-18)19(26)12-22-20(27)16-6-5-7-17(21)10-16/h2-11,14H,12-13H2,1H3,(H,22,27). The minimum absolute atomic E-state index is 0.0886. The highest BCUT2D eigenvalue weighted by molar-refractivity contribution is 6.30. The number of hydrogen-bond acceptors (Lipinski definition) is 3. The molecule has 2 amide bonds. The van der Waals surface area contributed by atoms with Crippen LogP contribution in [0.5, 0.6) is 0 Å². The fraction of sp³-hybridized carbons (Fsp3) is 0.150. The monoisotopic (exact) mass is 382 g/mol. The molecule has 27 heavy (non-hydrogen) atoms. The maximum absolute atomic E-state index is 12.3. The van der Waals surface area contributed by atoms with E-state index in [1.807, 2.05) is 36.5 Å². The van der Waals surface area contributed by atoms with Crippen molar-refractivity contribution in [2.45, 2.75) is 6.54 Å². The van der Waals surface area contributed by atoms with Crippen molar-refractivity contribution in [3.63, 3.8) is 0 Å². The molecule has 0 bridgehead atoms. The number of hydrogen-bond donors (Lipinski definition) is 1. The van der Waals surface area contributed by atoms with E-state index in [2.05, 4.69) is 10.4 Å². The van der Waals surface area contributed by atoms with E-state index in [1.54, 1.807) is 47.1 Å². The maximum Gasteiger partial charge on any atom is 0.251 e. The highest BCUT2D eigenvalue weighted by Gasteiger charge is 2.13. The van der Waals surface area contributed by atoms with Gasteiger partial charge >= 0.3 is 0 Å². The first-order valence-corrected chi connectivity index (χ1v) is 8.77. The highest BCUT2D eigenvalue weighted by atomic mass is 35.5. The Hall–Kier alpha value is -3.12.